The number of aliphatic hydroxyl groups excluding tert-OH is 1. The van der Waals surface area contributed by atoms with Gasteiger partial charge in [0.15, 0.2) is 0 Å². The molecule has 2 saturated carbocycles. The number of hydrogen-bond acceptors (Lipinski definition) is 2. The molecular weight excluding hydrogens is 152 g/mol. The third-order valence-corrected chi connectivity index (χ3v) is 4.02. The summed E-state index contributed by atoms with van der Waals surface area (Å²) in [6.07, 6.45) is 5.81. The van der Waals surface area contributed by atoms with Gasteiger partial charge >= 0.3 is 0 Å². The van der Waals surface area contributed by atoms with E-state index in [4.69, 9.17) is 4.74 Å². The maximum Gasteiger partial charge on any atom is 0.0768 e. The molecule has 2 nitrogen and oxygen atoms in total. The van der Waals surface area contributed by atoms with Crippen LogP contribution in [0.4, 0.5) is 0 Å². The molecule has 12 heavy (non-hydrogen) atoms. The molecule has 0 amide bonds. The highest BCUT2D eigenvalue weighted by molar-refractivity contribution is 5.21. The third-order valence-electron chi connectivity index (χ3n) is 4.02. The zero-order valence-electron chi connectivity index (χ0n) is 7.55. The van der Waals surface area contributed by atoms with Crippen LogP contribution in [0, 0.1) is 5.41 Å². The van der Waals surface area contributed by atoms with Crippen molar-refractivity contribution in [1.29, 1.82) is 0 Å². The van der Waals surface area contributed by atoms with E-state index in [0.717, 1.165) is 6.42 Å². The van der Waals surface area contributed by atoms with E-state index in [-0.39, 0.29) is 23.2 Å². The van der Waals surface area contributed by atoms with Crippen molar-refractivity contribution in [2.75, 3.05) is 0 Å². The summed E-state index contributed by atoms with van der Waals surface area (Å²) in [5.74, 6) is 0. The molecule has 2 aliphatic carbocycles. The van der Waals surface area contributed by atoms with E-state index in [2.05, 4.69) is 6.92 Å². The Morgan fingerprint density at radius 1 is 1.25 bits per heavy atom. The van der Waals surface area contributed by atoms with Crippen molar-refractivity contribution in [2.45, 2.75) is 56.8 Å². The van der Waals surface area contributed by atoms with Crippen LogP contribution in [0.5, 0.6) is 0 Å². The van der Waals surface area contributed by atoms with Crippen molar-refractivity contribution in [3.8, 4) is 0 Å². The van der Waals surface area contributed by atoms with Gasteiger partial charge in [-0.25, -0.2) is 0 Å². The number of aliphatic hydroxyl groups is 1. The van der Waals surface area contributed by atoms with Gasteiger partial charge in [-0.1, -0.05) is 0 Å². The highest BCUT2D eigenvalue weighted by Gasteiger charge is 2.71. The van der Waals surface area contributed by atoms with Gasteiger partial charge in [0.1, 0.15) is 0 Å². The van der Waals surface area contributed by atoms with Crippen LogP contribution in [0.2, 0.25) is 0 Å². The molecule has 0 aromatic heterocycles. The van der Waals surface area contributed by atoms with Gasteiger partial charge in [0.25, 0.3) is 0 Å². The minimum atomic E-state index is -0.0799. The summed E-state index contributed by atoms with van der Waals surface area (Å²) >= 11 is 0. The summed E-state index contributed by atoms with van der Waals surface area (Å²) in [5.41, 5.74) is 0.337. The Morgan fingerprint density at radius 2 is 1.92 bits per heavy atom. The Balaban J connectivity index is 1.91. The maximum absolute atomic E-state index is 9.97. The van der Waals surface area contributed by atoms with Crippen LogP contribution in [-0.2, 0) is 4.74 Å². The van der Waals surface area contributed by atoms with Crippen LogP contribution in [0.15, 0.2) is 0 Å². The summed E-state index contributed by atoms with van der Waals surface area (Å²) in [7, 11) is 0. The van der Waals surface area contributed by atoms with Crippen LogP contribution in [0.3, 0.4) is 0 Å². The number of fused-ring (bicyclic) bond motifs is 1. The van der Waals surface area contributed by atoms with Crippen LogP contribution in [-0.4, -0.2) is 22.9 Å². The number of ether oxygens (including phenoxy) is 1. The topological polar surface area (TPSA) is 29.5 Å². The van der Waals surface area contributed by atoms with E-state index in [1.54, 1.807) is 0 Å². The van der Waals surface area contributed by atoms with E-state index >= 15 is 0 Å². The van der Waals surface area contributed by atoms with Crippen molar-refractivity contribution >= 4 is 0 Å². The van der Waals surface area contributed by atoms with Crippen LogP contribution in [0.1, 0.15) is 39.0 Å². The molecule has 3 rings (SSSR count). The first-order chi connectivity index (χ1) is 5.69. The van der Waals surface area contributed by atoms with Crippen LogP contribution in [0.25, 0.3) is 0 Å². The molecule has 0 aromatic rings. The van der Waals surface area contributed by atoms with Crippen molar-refractivity contribution in [1.82, 2.24) is 0 Å². The normalized spacial score (nSPS) is 46.5. The van der Waals surface area contributed by atoms with Gasteiger partial charge in [0, 0.05) is 5.41 Å². The first kappa shape index (κ1) is 7.34. The SMILES string of the molecule is C[C@H]1C[C@@H](O)C2(CC2)C2(CC2)O1. The Morgan fingerprint density at radius 3 is 2.42 bits per heavy atom. The lowest BCUT2D eigenvalue weighted by Crippen LogP contribution is -2.46. The van der Waals surface area contributed by atoms with Crippen molar-refractivity contribution < 1.29 is 9.84 Å². The second kappa shape index (κ2) is 1.88. The van der Waals surface area contributed by atoms with Crippen LogP contribution >= 0.6 is 0 Å². The molecule has 1 aliphatic heterocycles. The molecule has 0 radical (unpaired) electrons. The van der Waals surface area contributed by atoms with Gasteiger partial charge in [0.05, 0.1) is 17.8 Å². The molecule has 3 fully saturated rings. The van der Waals surface area contributed by atoms with Gasteiger partial charge in [-0.05, 0) is 39.0 Å². The first-order valence-corrected chi connectivity index (χ1v) is 5.04. The molecule has 1 saturated heterocycles. The Hall–Kier alpha value is -0.0800. The summed E-state index contributed by atoms with van der Waals surface area (Å²) in [6.45, 7) is 2.08. The first-order valence-electron chi connectivity index (χ1n) is 5.04. The van der Waals surface area contributed by atoms with Gasteiger partial charge < -0.3 is 9.84 Å². The molecule has 2 spiro atoms. The highest BCUT2D eigenvalue weighted by Crippen LogP contribution is 2.70. The zero-order valence-corrected chi connectivity index (χ0v) is 7.55. The minimum Gasteiger partial charge on any atom is -0.392 e. The summed E-state index contributed by atoms with van der Waals surface area (Å²) in [4.78, 5) is 0. The second-order valence-electron chi connectivity index (χ2n) is 4.83. The Kier molecular flexibility index (Phi) is 1.15. The molecule has 3 aliphatic rings. The molecule has 1 heterocycles. The number of hydrogen-bond donors (Lipinski definition) is 1. The van der Waals surface area contributed by atoms with E-state index in [0.29, 0.717) is 0 Å². The molecule has 0 bridgehead atoms. The summed E-state index contributed by atoms with van der Waals surface area (Å²) in [6, 6.07) is 0. The monoisotopic (exact) mass is 168 g/mol. The molecule has 0 aromatic carbocycles. The van der Waals surface area contributed by atoms with Crippen molar-refractivity contribution in [2.24, 2.45) is 5.41 Å². The molecule has 1 N–H and O–H groups in total. The molecule has 2 atom stereocenters. The Bertz CT molecular complexity index is 216. The summed E-state index contributed by atoms with van der Waals surface area (Å²) in [5, 5.41) is 9.97. The largest absolute Gasteiger partial charge is 0.392 e. The molecular formula is C10H16O2. The van der Waals surface area contributed by atoms with Crippen molar-refractivity contribution in [3.63, 3.8) is 0 Å². The number of rotatable bonds is 0. The summed E-state index contributed by atoms with van der Waals surface area (Å²) < 4.78 is 5.97. The molecule has 0 unspecified atom stereocenters. The van der Waals surface area contributed by atoms with Gasteiger partial charge in [0.2, 0.25) is 0 Å². The predicted molar refractivity (Wildman–Crippen MR) is 44.8 cm³/mol. The van der Waals surface area contributed by atoms with Gasteiger partial charge in [-0.15, -0.1) is 0 Å². The van der Waals surface area contributed by atoms with Gasteiger partial charge in [-0.2, -0.15) is 0 Å². The standard InChI is InChI=1S/C10H16O2/c1-7-6-8(11)9(2-3-9)10(12-7)4-5-10/h7-8,11H,2-6H2,1H3/t7-,8+/m0/s1. The lowest BCUT2D eigenvalue weighted by molar-refractivity contribution is -0.157. The average Bonchev–Trinajstić information content (AvgIpc) is 2.75. The predicted octanol–water partition coefficient (Wildman–Crippen LogP) is 1.47. The molecule has 2 heteroatoms. The fourth-order valence-electron chi connectivity index (χ4n) is 3.05. The lowest BCUT2D eigenvalue weighted by Gasteiger charge is -2.40. The van der Waals surface area contributed by atoms with E-state index in [1.807, 2.05) is 0 Å². The highest BCUT2D eigenvalue weighted by atomic mass is 16.5. The van der Waals surface area contributed by atoms with E-state index in [1.165, 1.54) is 25.7 Å². The third kappa shape index (κ3) is 0.686. The molecule has 68 valence electrons. The minimum absolute atomic E-state index is 0.0799. The van der Waals surface area contributed by atoms with Gasteiger partial charge in [-0.3, -0.25) is 0 Å². The van der Waals surface area contributed by atoms with E-state index < -0.39 is 0 Å². The lowest BCUT2D eigenvalue weighted by atomic mass is 9.84. The fraction of sp³-hybridized carbons (Fsp3) is 1.00. The van der Waals surface area contributed by atoms with Crippen molar-refractivity contribution in [3.05, 3.63) is 0 Å². The zero-order chi connectivity index (χ0) is 8.40. The van der Waals surface area contributed by atoms with Crippen LogP contribution < -0.4 is 0 Å². The fourth-order valence-corrected chi connectivity index (χ4v) is 3.05. The second-order valence-corrected chi connectivity index (χ2v) is 4.83. The quantitative estimate of drug-likeness (QED) is 0.593. The maximum atomic E-state index is 9.97. The van der Waals surface area contributed by atoms with E-state index in [9.17, 15) is 5.11 Å². The average molecular weight is 168 g/mol. The smallest absolute Gasteiger partial charge is 0.0768 e. The Labute approximate surface area is 72.9 Å².